The van der Waals surface area contributed by atoms with Gasteiger partial charge in [-0.1, -0.05) is 0 Å². The van der Waals surface area contributed by atoms with E-state index in [9.17, 15) is 22.8 Å². The summed E-state index contributed by atoms with van der Waals surface area (Å²) in [6.45, 7) is 2.31. The van der Waals surface area contributed by atoms with Gasteiger partial charge in [0.15, 0.2) is 0 Å². The fourth-order valence-corrected chi connectivity index (χ4v) is 3.65. The molecule has 0 radical (unpaired) electrons. The van der Waals surface area contributed by atoms with Crippen LogP contribution in [0.5, 0.6) is 0 Å². The highest BCUT2D eigenvalue weighted by Gasteiger charge is 2.32. The molecule has 0 bridgehead atoms. The van der Waals surface area contributed by atoms with Gasteiger partial charge in [-0.3, -0.25) is 14.6 Å². The zero-order chi connectivity index (χ0) is 24.1. The number of nitrogens with zero attached hydrogens (tertiary/aromatic N) is 6. The zero-order valence-corrected chi connectivity index (χ0v) is 18.1. The van der Waals surface area contributed by atoms with Crippen LogP contribution < -0.4 is 10.5 Å². The molecule has 4 rings (SSSR count). The Morgan fingerprint density at radius 1 is 1.00 bits per heavy atom. The van der Waals surface area contributed by atoms with Crippen molar-refractivity contribution < 1.29 is 22.7 Å². The first-order valence-electron chi connectivity index (χ1n) is 10.6. The predicted molar refractivity (Wildman–Crippen MR) is 115 cm³/mol. The van der Waals surface area contributed by atoms with E-state index in [1.807, 2.05) is 0 Å². The third-order valence-electron chi connectivity index (χ3n) is 5.53. The average Bonchev–Trinajstić information content (AvgIpc) is 2.84. The fourth-order valence-electron chi connectivity index (χ4n) is 3.65. The van der Waals surface area contributed by atoms with Crippen molar-refractivity contribution in [1.29, 1.82) is 0 Å². The van der Waals surface area contributed by atoms with Gasteiger partial charge in [0.05, 0.1) is 36.8 Å². The number of amides is 1. The second kappa shape index (κ2) is 10.1. The number of aromatic amines is 1. The maximum Gasteiger partial charge on any atom is 0.419 e. The molecule has 4 heterocycles. The number of pyridine rings is 1. The van der Waals surface area contributed by atoms with Crippen molar-refractivity contribution in [2.75, 3.05) is 44.3 Å². The van der Waals surface area contributed by atoms with Gasteiger partial charge in [0.25, 0.3) is 5.56 Å². The molecule has 34 heavy (non-hydrogen) atoms. The largest absolute Gasteiger partial charge is 0.419 e. The van der Waals surface area contributed by atoms with Crippen molar-refractivity contribution in [3.63, 3.8) is 0 Å². The monoisotopic (exact) mass is 477 g/mol. The van der Waals surface area contributed by atoms with Gasteiger partial charge in [-0.2, -0.15) is 18.3 Å². The highest BCUT2D eigenvalue weighted by molar-refractivity contribution is 5.82. The van der Waals surface area contributed by atoms with Crippen LogP contribution in [0.2, 0.25) is 0 Å². The van der Waals surface area contributed by atoms with E-state index in [1.54, 1.807) is 22.2 Å². The molecule has 1 amide bonds. The number of hydrogen-bond acceptors (Lipinski definition) is 8. The van der Waals surface area contributed by atoms with Gasteiger partial charge in [-0.15, -0.1) is 0 Å². The maximum atomic E-state index is 12.6. The lowest BCUT2D eigenvalue weighted by Crippen LogP contribution is -2.49. The quantitative estimate of drug-likeness (QED) is 0.508. The van der Waals surface area contributed by atoms with Crippen molar-refractivity contribution in [2.45, 2.75) is 19.0 Å². The zero-order valence-electron chi connectivity index (χ0n) is 18.1. The molecular formula is C21H22F3N7O3. The van der Waals surface area contributed by atoms with E-state index in [0.29, 0.717) is 50.0 Å². The minimum Gasteiger partial charge on any atom is -0.381 e. The summed E-state index contributed by atoms with van der Waals surface area (Å²) in [4.78, 5) is 39.4. The van der Waals surface area contributed by atoms with Gasteiger partial charge >= 0.3 is 6.18 Å². The van der Waals surface area contributed by atoms with Gasteiger partial charge in [-0.05, 0) is 12.0 Å². The molecule has 0 aliphatic carbocycles. The summed E-state index contributed by atoms with van der Waals surface area (Å²) in [5.41, 5.74) is -0.362. The number of rotatable bonds is 7. The van der Waals surface area contributed by atoms with Gasteiger partial charge in [0.2, 0.25) is 11.9 Å². The smallest absolute Gasteiger partial charge is 0.381 e. The number of anilines is 1. The van der Waals surface area contributed by atoms with E-state index in [-0.39, 0.29) is 30.4 Å². The van der Waals surface area contributed by atoms with Crippen LogP contribution in [-0.4, -0.2) is 75.3 Å². The standard InChI is InChI=1S/C21H22F3N7O3/c22-21(23,24)15-10-26-20(27-11-15)31-5-3-30(4-6-31)18(32)2-8-34-7-1-14-9-25-12-17-16(14)13-28-29-19(17)33/h9-13H,1-8H2,(H,29,33). The second-order valence-corrected chi connectivity index (χ2v) is 7.71. The third kappa shape index (κ3) is 5.47. The number of ether oxygens (including phenoxy) is 1. The first-order valence-corrected chi connectivity index (χ1v) is 10.6. The maximum absolute atomic E-state index is 12.6. The molecule has 0 aromatic carbocycles. The summed E-state index contributed by atoms with van der Waals surface area (Å²) in [6, 6.07) is 0. The minimum atomic E-state index is -4.48. The molecule has 1 N–H and O–H groups in total. The topological polar surface area (TPSA) is 117 Å². The fraction of sp³-hybridized carbons (Fsp3) is 0.429. The summed E-state index contributed by atoms with van der Waals surface area (Å²) >= 11 is 0. The van der Waals surface area contributed by atoms with Gasteiger partial charge in [0.1, 0.15) is 0 Å². The van der Waals surface area contributed by atoms with Crippen LogP contribution in [-0.2, 0) is 22.1 Å². The lowest BCUT2D eigenvalue weighted by Gasteiger charge is -2.34. The Kier molecular flexibility index (Phi) is 7.01. The van der Waals surface area contributed by atoms with Crippen molar-refractivity contribution in [3.8, 4) is 0 Å². The van der Waals surface area contributed by atoms with E-state index in [4.69, 9.17) is 4.74 Å². The molecule has 0 unspecified atom stereocenters. The number of H-pyrrole nitrogens is 1. The molecule has 0 atom stereocenters. The van der Waals surface area contributed by atoms with Crippen LogP contribution in [0.15, 0.2) is 35.8 Å². The molecule has 3 aromatic heterocycles. The molecule has 1 saturated heterocycles. The van der Waals surface area contributed by atoms with Gasteiger partial charge < -0.3 is 14.5 Å². The van der Waals surface area contributed by atoms with E-state index in [1.165, 1.54) is 6.20 Å². The van der Waals surface area contributed by atoms with Crippen molar-refractivity contribution in [1.82, 2.24) is 30.0 Å². The molecule has 180 valence electrons. The van der Waals surface area contributed by atoms with Gasteiger partial charge in [-0.25, -0.2) is 15.1 Å². The van der Waals surface area contributed by atoms with E-state index in [0.717, 1.165) is 18.0 Å². The molecule has 0 saturated carbocycles. The Morgan fingerprint density at radius 3 is 2.44 bits per heavy atom. The van der Waals surface area contributed by atoms with Crippen molar-refractivity contribution >= 4 is 22.6 Å². The highest BCUT2D eigenvalue weighted by atomic mass is 19.4. The number of halogens is 3. The normalized spacial score (nSPS) is 14.6. The van der Waals surface area contributed by atoms with Crippen LogP contribution in [0.4, 0.5) is 19.1 Å². The van der Waals surface area contributed by atoms with Gasteiger partial charge in [0, 0.05) is 56.4 Å². The minimum absolute atomic E-state index is 0.0597. The van der Waals surface area contributed by atoms with Crippen LogP contribution in [0.1, 0.15) is 17.5 Å². The molecule has 1 aliphatic rings. The molecule has 13 heteroatoms. The number of fused-ring (bicyclic) bond motifs is 1. The summed E-state index contributed by atoms with van der Waals surface area (Å²) in [7, 11) is 0. The number of carbonyl (C=O) groups is 1. The molecule has 1 fully saturated rings. The predicted octanol–water partition coefficient (Wildman–Crippen LogP) is 1.42. The molecule has 3 aromatic rings. The van der Waals surface area contributed by atoms with E-state index in [2.05, 4.69) is 25.1 Å². The Labute approximate surface area is 191 Å². The average molecular weight is 477 g/mol. The molecular weight excluding hydrogens is 455 g/mol. The third-order valence-corrected chi connectivity index (χ3v) is 5.53. The number of nitrogens with one attached hydrogen (secondary N) is 1. The number of alkyl halides is 3. The summed E-state index contributed by atoms with van der Waals surface area (Å²) in [5, 5.41) is 7.37. The lowest BCUT2D eigenvalue weighted by molar-refractivity contribution is -0.138. The molecule has 1 aliphatic heterocycles. The number of aromatic nitrogens is 5. The van der Waals surface area contributed by atoms with Crippen LogP contribution >= 0.6 is 0 Å². The van der Waals surface area contributed by atoms with Crippen molar-refractivity contribution in [2.24, 2.45) is 0 Å². The SMILES string of the molecule is O=C(CCOCCc1cncc2c(=O)[nH]ncc12)N1CCN(c2ncc(C(F)(F)F)cn2)CC1. The Bertz CT molecular complexity index is 1190. The van der Waals surface area contributed by atoms with Crippen LogP contribution in [0.3, 0.4) is 0 Å². The van der Waals surface area contributed by atoms with E-state index >= 15 is 0 Å². The van der Waals surface area contributed by atoms with Crippen molar-refractivity contribution in [3.05, 3.63) is 52.5 Å². The van der Waals surface area contributed by atoms with Crippen LogP contribution in [0, 0.1) is 0 Å². The number of carbonyl (C=O) groups excluding carboxylic acids is 1. The Balaban J connectivity index is 1.19. The first kappa shape index (κ1) is 23.5. The Morgan fingerprint density at radius 2 is 1.74 bits per heavy atom. The number of piperazine rings is 1. The summed E-state index contributed by atoms with van der Waals surface area (Å²) in [5.74, 6) is 0.152. The summed E-state index contributed by atoms with van der Waals surface area (Å²) < 4.78 is 43.6. The first-order chi connectivity index (χ1) is 16.3. The number of hydrogen-bond donors (Lipinski definition) is 1. The van der Waals surface area contributed by atoms with Crippen LogP contribution in [0.25, 0.3) is 10.8 Å². The summed E-state index contributed by atoms with van der Waals surface area (Å²) in [6.07, 6.45) is 2.52. The highest BCUT2D eigenvalue weighted by Crippen LogP contribution is 2.28. The molecule has 0 spiro atoms. The molecule has 10 nitrogen and oxygen atoms in total. The lowest BCUT2D eigenvalue weighted by atomic mass is 10.1. The Hall–Kier alpha value is -3.61. The second-order valence-electron chi connectivity index (χ2n) is 7.71. The van der Waals surface area contributed by atoms with E-state index < -0.39 is 11.7 Å².